The Morgan fingerprint density at radius 1 is 0.840 bits per heavy atom. The molecule has 2 N–H and O–H groups in total. The molecule has 0 aliphatic heterocycles. The zero-order chi connectivity index (χ0) is 17.6. The van der Waals surface area contributed by atoms with Crippen molar-refractivity contribution in [2.75, 3.05) is 7.11 Å². The number of carboxylic acids is 1. The molecule has 2 aromatic carbocycles. The van der Waals surface area contributed by atoms with Crippen molar-refractivity contribution in [1.29, 1.82) is 0 Å². The van der Waals surface area contributed by atoms with Crippen LogP contribution in [0.1, 0.15) is 44.4 Å². The first-order valence-corrected chi connectivity index (χ1v) is 7.22. The average Bonchev–Trinajstić information content (AvgIpc) is 2.52. The number of hydrogen-bond acceptors (Lipinski definition) is 4. The van der Waals surface area contributed by atoms with Crippen molar-refractivity contribution >= 4 is 11.9 Å². The minimum atomic E-state index is -0.867. The number of aryl methyl sites for hydroxylation is 4. The van der Waals surface area contributed by atoms with Crippen molar-refractivity contribution in [3.05, 3.63) is 69.8 Å². The Bertz CT molecular complexity index is 732. The Kier molecular flexibility index (Phi) is 12.1. The summed E-state index contributed by atoms with van der Waals surface area (Å²) in [5.74, 6) is -1.15. The van der Waals surface area contributed by atoms with Gasteiger partial charge in [0, 0.05) is 0 Å². The molecular formula is C19H24NaO5+. The maximum atomic E-state index is 11.1. The van der Waals surface area contributed by atoms with E-state index in [9.17, 15) is 9.59 Å². The summed E-state index contributed by atoms with van der Waals surface area (Å²) in [4.78, 5) is 21.5. The van der Waals surface area contributed by atoms with E-state index in [2.05, 4.69) is 4.74 Å². The Morgan fingerprint density at radius 2 is 1.24 bits per heavy atom. The average molecular weight is 355 g/mol. The number of methoxy groups -OCH3 is 1. The summed E-state index contributed by atoms with van der Waals surface area (Å²) in [6.07, 6.45) is 0. The van der Waals surface area contributed by atoms with E-state index in [1.165, 1.54) is 12.7 Å². The molecule has 130 valence electrons. The second-order valence-corrected chi connectivity index (χ2v) is 5.39. The van der Waals surface area contributed by atoms with Gasteiger partial charge in [0.1, 0.15) is 0 Å². The predicted octanol–water partition coefficient (Wildman–Crippen LogP) is 1.03. The van der Waals surface area contributed by atoms with Crippen molar-refractivity contribution in [1.82, 2.24) is 0 Å². The van der Waals surface area contributed by atoms with Crippen LogP contribution in [0.3, 0.4) is 0 Å². The van der Waals surface area contributed by atoms with Crippen LogP contribution in [-0.2, 0) is 4.74 Å². The van der Waals surface area contributed by atoms with E-state index in [4.69, 9.17) is 5.11 Å². The predicted molar refractivity (Wildman–Crippen MR) is 93.2 cm³/mol. The zero-order valence-electron chi connectivity index (χ0n) is 16.6. The number of aromatic carboxylic acids is 1. The maximum Gasteiger partial charge on any atom is 1.00 e. The van der Waals surface area contributed by atoms with Crippen LogP contribution in [0.25, 0.3) is 0 Å². The molecule has 0 saturated heterocycles. The van der Waals surface area contributed by atoms with Crippen LogP contribution in [0, 0.1) is 27.7 Å². The van der Waals surface area contributed by atoms with E-state index < -0.39 is 5.97 Å². The number of benzene rings is 2. The standard InChI is InChI=1S/C10H12O2.C9H10O2.Na.H2O/c1-7-4-5-9(6-8(7)2)10(11)12-3;1-6-3-4-8(9(10)11)5-7(6)2;;/h4-6H,1-3H3;3-5H,1-2H3,(H,10,11);;1H2/q;;+1;. The van der Waals surface area contributed by atoms with Gasteiger partial charge in [-0.05, 0) is 74.2 Å². The van der Waals surface area contributed by atoms with Gasteiger partial charge in [0.15, 0.2) is 0 Å². The quantitative estimate of drug-likeness (QED) is 0.641. The van der Waals surface area contributed by atoms with Gasteiger partial charge in [0.25, 0.3) is 0 Å². The SMILES string of the molecule is COC(=O)c1ccc(C)c(C)c1.Cc1ccc(C(=O)O)cc1C.[H+].[Na+].[OH-]. The molecule has 0 aliphatic rings. The van der Waals surface area contributed by atoms with Gasteiger partial charge in [-0.3, -0.25) is 0 Å². The third-order valence-electron chi connectivity index (χ3n) is 3.68. The van der Waals surface area contributed by atoms with Gasteiger partial charge in [0.2, 0.25) is 0 Å². The van der Waals surface area contributed by atoms with Gasteiger partial charge in [-0.15, -0.1) is 0 Å². The van der Waals surface area contributed by atoms with Crippen molar-refractivity contribution in [3.8, 4) is 0 Å². The summed E-state index contributed by atoms with van der Waals surface area (Å²) in [5, 5.41) is 8.60. The van der Waals surface area contributed by atoms with Gasteiger partial charge < -0.3 is 15.3 Å². The number of carbonyl (C=O) groups excluding carboxylic acids is 1. The first-order chi connectivity index (χ1) is 10.8. The van der Waals surface area contributed by atoms with Gasteiger partial charge >= 0.3 is 42.9 Å². The van der Waals surface area contributed by atoms with Gasteiger partial charge in [-0.25, -0.2) is 9.59 Å². The van der Waals surface area contributed by atoms with E-state index in [0.29, 0.717) is 11.1 Å². The van der Waals surface area contributed by atoms with Gasteiger partial charge in [-0.2, -0.15) is 0 Å². The Balaban J connectivity index is -0.000000366. The molecule has 0 saturated carbocycles. The molecule has 0 aromatic heterocycles. The van der Waals surface area contributed by atoms with E-state index in [1.54, 1.807) is 18.2 Å². The topological polar surface area (TPSA) is 93.6 Å². The third-order valence-corrected chi connectivity index (χ3v) is 3.68. The summed E-state index contributed by atoms with van der Waals surface area (Å²) in [6, 6.07) is 10.6. The Labute approximate surface area is 172 Å². The van der Waals surface area contributed by atoms with Crippen LogP contribution in [0.5, 0.6) is 0 Å². The molecule has 0 aliphatic carbocycles. The van der Waals surface area contributed by atoms with Crippen molar-refractivity contribution in [2.24, 2.45) is 0 Å². The molecule has 6 heteroatoms. The number of ether oxygens (including phenoxy) is 1. The Hall–Kier alpha value is -1.66. The minimum Gasteiger partial charge on any atom is -0.870 e. The summed E-state index contributed by atoms with van der Waals surface area (Å²) in [5.41, 5.74) is 5.40. The molecule has 25 heavy (non-hydrogen) atoms. The molecule has 0 amide bonds. The molecule has 0 spiro atoms. The summed E-state index contributed by atoms with van der Waals surface area (Å²) in [6.45, 7) is 7.85. The van der Waals surface area contributed by atoms with Crippen LogP contribution in [0.4, 0.5) is 0 Å². The second-order valence-electron chi connectivity index (χ2n) is 5.39. The molecular weight excluding hydrogens is 331 g/mol. The molecule has 2 rings (SSSR count). The fraction of sp³-hybridized carbons (Fsp3) is 0.263. The summed E-state index contributed by atoms with van der Waals surface area (Å²) in [7, 11) is 1.39. The molecule has 0 atom stereocenters. The molecule has 0 radical (unpaired) electrons. The molecule has 0 fully saturated rings. The number of rotatable bonds is 2. The first-order valence-electron chi connectivity index (χ1n) is 7.22. The fourth-order valence-electron chi connectivity index (χ4n) is 1.86. The number of carboxylic acid groups (broad SMARTS) is 1. The Morgan fingerprint density at radius 3 is 1.60 bits per heavy atom. The maximum absolute atomic E-state index is 11.1. The van der Waals surface area contributed by atoms with Crippen LogP contribution < -0.4 is 29.6 Å². The van der Waals surface area contributed by atoms with Gasteiger partial charge in [0.05, 0.1) is 18.2 Å². The minimum absolute atomic E-state index is 0. The second kappa shape index (κ2) is 11.8. The zero-order valence-corrected chi connectivity index (χ0v) is 17.6. The molecule has 5 nitrogen and oxygen atoms in total. The van der Waals surface area contributed by atoms with Crippen LogP contribution >= 0.6 is 0 Å². The number of carbonyl (C=O) groups is 2. The molecule has 0 heterocycles. The molecule has 0 unspecified atom stereocenters. The van der Waals surface area contributed by atoms with Crippen LogP contribution in [-0.4, -0.2) is 29.6 Å². The van der Waals surface area contributed by atoms with Crippen molar-refractivity contribution in [3.63, 3.8) is 0 Å². The largest absolute Gasteiger partial charge is 1.00 e. The van der Waals surface area contributed by atoms with Gasteiger partial charge in [-0.1, -0.05) is 12.1 Å². The van der Waals surface area contributed by atoms with E-state index in [1.807, 2.05) is 45.9 Å². The van der Waals surface area contributed by atoms with E-state index in [0.717, 1.165) is 16.7 Å². The van der Waals surface area contributed by atoms with E-state index >= 15 is 0 Å². The third kappa shape index (κ3) is 7.84. The summed E-state index contributed by atoms with van der Waals surface area (Å²) >= 11 is 0. The monoisotopic (exact) mass is 355 g/mol. The smallest absolute Gasteiger partial charge is 0.870 e. The van der Waals surface area contributed by atoms with Crippen molar-refractivity contribution in [2.45, 2.75) is 27.7 Å². The molecule has 2 aromatic rings. The molecule has 0 bridgehead atoms. The normalized spacial score (nSPS) is 8.84. The first kappa shape index (κ1) is 25.6. The summed E-state index contributed by atoms with van der Waals surface area (Å²) < 4.78 is 4.59. The number of hydrogen-bond donors (Lipinski definition) is 1. The van der Waals surface area contributed by atoms with E-state index in [-0.39, 0.29) is 42.4 Å². The fourth-order valence-corrected chi connectivity index (χ4v) is 1.86. The van der Waals surface area contributed by atoms with Crippen LogP contribution in [0.2, 0.25) is 0 Å². The number of esters is 1. The van der Waals surface area contributed by atoms with Crippen molar-refractivity contribution < 1.29 is 55.9 Å². The van der Waals surface area contributed by atoms with Crippen LogP contribution in [0.15, 0.2) is 36.4 Å².